The van der Waals surface area contributed by atoms with Crippen molar-refractivity contribution in [3.63, 3.8) is 0 Å². The highest BCUT2D eigenvalue weighted by Gasteiger charge is 2.33. The SMILES string of the molecule is CC(C)c1nnc(CNC(=O)C2c3cn[nH]c3CCC2C)n1C. The van der Waals surface area contributed by atoms with E-state index in [-0.39, 0.29) is 11.8 Å². The summed E-state index contributed by atoms with van der Waals surface area (Å²) in [4.78, 5) is 12.7. The van der Waals surface area contributed by atoms with Crippen LogP contribution < -0.4 is 5.32 Å². The summed E-state index contributed by atoms with van der Waals surface area (Å²) in [6.07, 6.45) is 3.74. The Bertz CT molecular complexity index is 701. The van der Waals surface area contributed by atoms with E-state index in [0.717, 1.165) is 35.7 Å². The molecule has 7 heteroatoms. The average molecular weight is 316 g/mol. The lowest BCUT2D eigenvalue weighted by atomic mass is 9.78. The number of nitrogens with zero attached hydrogens (tertiary/aromatic N) is 4. The molecule has 0 spiro atoms. The van der Waals surface area contributed by atoms with E-state index >= 15 is 0 Å². The van der Waals surface area contributed by atoms with Crippen LogP contribution in [0.25, 0.3) is 0 Å². The van der Waals surface area contributed by atoms with Gasteiger partial charge in [0.25, 0.3) is 0 Å². The van der Waals surface area contributed by atoms with Crippen LogP contribution in [0.3, 0.4) is 0 Å². The maximum atomic E-state index is 12.7. The minimum atomic E-state index is -0.143. The Kier molecular flexibility index (Phi) is 4.19. The molecule has 0 aromatic carbocycles. The van der Waals surface area contributed by atoms with Crippen LogP contribution in [0.5, 0.6) is 0 Å². The monoisotopic (exact) mass is 316 g/mol. The molecule has 0 radical (unpaired) electrons. The minimum Gasteiger partial charge on any atom is -0.348 e. The summed E-state index contributed by atoms with van der Waals surface area (Å²) in [6.45, 7) is 6.68. The highest BCUT2D eigenvalue weighted by molar-refractivity contribution is 5.84. The van der Waals surface area contributed by atoms with E-state index in [9.17, 15) is 4.79 Å². The largest absolute Gasteiger partial charge is 0.348 e. The van der Waals surface area contributed by atoms with Crippen molar-refractivity contribution in [2.75, 3.05) is 0 Å². The standard InChI is InChI=1S/C16H24N6O/c1-9(2)15-21-20-13(22(15)4)8-17-16(23)14-10(3)5-6-12-11(14)7-18-19-12/h7,9-10,14H,5-6,8H2,1-4H3,(H,17,23)(H,18,19). The number of fused-ring (bicyclic) bond motifs is 1. The number of aryl methyl sites for hydroxylation is 1. The number of hydrogen-bond donors (Lipinski definition) is 2. The van der Waals surface area contributed by atoms with E-state index in [4.69, 9.17) is 0 Å². The molecule has 1 aliphatic rings. The van der Waals surface area contributed by atoms with E-state index < -0.39 is 0 Å². The average Bonchev–Trinajstić information content (AvgIpc) is 3.11. The van der Waals surface area contributed by atoms with E-state index in [2.05, 4.69) is 46.5 Å². The number of nitrogens with one attached hydrogen (secondary N) is 2. The molecule has 7 nitrogen and oxygen atoms in total. The van der Waals surface area contributed by atoms with Gasteiger partial charge in [-0.05, 0) is 18.8 Å². The van der Waals surface area contributed by atoms with Gasteiger partial charge in [-0.3, -0.25) is 9.89 Å². The van der Waals surface area contributed by atoms with E-state index in [1.165, 1.54) is 0 Å². The van der Waals surface area contributed by atoms with Crippen LogP contribution in [0.15, 0.2) is 6.20 Å². The van der Waals surface area contributed by atoms with Crippen molar-refractivity contribution in [3.05, 3.63) is 29.1 Å². The van der Waals surface area contributed by atoms with Gasteiger partial charge in [-0.1, -0.05) is 20.8 Å². The first kappa shape index (κ1) is 15.7. The van der Waals surface area contributed by atoms with Crippen LogP contribution in [0.2, 0.25) is 0 Å². The molecule has 0 saturated carbocycles. The normalized spacial score (nSPS) is 20.6. The zero-order valence-corrected chi connectivity index (χ0v) is 14.1. The molecule has 2 unspecified atom stereocenters. The number of aromatic amines is 1. The number of carbonyl (C=O) groups excluding carboxylic acids is 1. The lowest BCUT2D eigenvalue weighted by Gasteiger charge is -2.27. The second kappa shape index (κ2) is 6.14. The molecule has 3 rings (SSSR count). The molecule has 1 amide bonds. The van der Waals surface area contributed by atoms with Crippen molar-refractivity contribution in [1.82, 2.24) is 30.3 Å². The smallest absolute Gasteiger partial charge is 0.228 e. The number of rotatable bonds is 4. The van der Waals surface area contributed by atoms with Crippen molar-refractivity contribution >= 4 is 5.91 Å². The number of hydrogen-bond acceptors (Lipinski definition) is 4. The highest BCUT2D eigenvalue weighted by atomic mass is 16.1. The molecule has 2 aromatic rings. The number of H-pyrrole nitrogens is 1. The van der Waals surface area contributed by atoms with E-state index in [0.29, 0.717) is 18.4 Å². The van der Waals surface area contributed by atoms with Gasteiger partial charge < -0.3 is 9.88 Å². The Hall–Kier alpha value is -2.18. The maximum Gasteiger partial charge on any atom is 0.228 e. The Labute approximate surface area is 135 Å². The zero-order chi connectivity index (χ0) is 16.6. The van der Waals surface area contributed by atoms with Gasteiger partial charge >= 0.3 is 0 Å². The molecule has 2 heterocycles. The predicted molar refractivity (Wildman–Crippen MR) is 85.8 cm³/mol. The van der Waals surface area contributed by atoms with Crippen molar-refractivity contribution in [1.29, 1.82) is 0 Å². The summed E-state index contributed by atoms with van der Waals surface area (Å²) in [6, 6.07) is 0. The van der Waals surface area contributed by atoms with Crippen LogP contribution in [-0.2, 0) is 24.8 Å². The Morgan fingerprint density at radius 2 is 2.26 bits per heavy atom. The summed E-state index contributed by atoms with van der Waals surface area (Å²) in [5, 5.41) is 18.5. The molecule has 2 N–H and O–H groups in total. The van der Waals surface area contributed by atoms with E-state index in [1.807, 2.05) is 11.6 Å². The van der Waals surface area contributed by atoms with Crippen LogP contribution in [0.1, 0.15) is 61.9 Å². The zero-order valence-electron chi connectivity index (χ0n) is 14.1. The topological polar surface area (TPSA) is 88.5 Å². The number of carbonyl (C=O) groups is 1. The lowest BCUT2D eigenvalue weighted by molar-refractivity contribution is -0.124. The third kappa shape index (κ3) is 2.87. The van der Waals surface area contributed by atoms with Crippen molar-refractivity contribution in [3.8, 4) is 0 Å². The number of aromatic nitrogens is 5. The van der Waals surface area contributed by atoms with Gasteiger partial charge in [0.15, 0.2) is 5.82 Å². The molecule has 0 bridgehead atoms. The van der Waals surface area contributed by atoms with Gasteiger partial charge in [0.2, 0.25) is 5.91 Å². The molecular formula is C16H24N6O. The van der Waals surface area contributed by atoms with Gasteiger partial charge in [0.05, 0.1) is 18.7 Å². The lowest BCUT2D eigenvalue weighted by Crippen LogP contribution is -2.35. The molecule has 0 fully saturated rings. The van der Waals surface area contributed by atoms with Crippen molar-refractivity contribution < 1.29 is 4.79 Å². The van der Waals surface area contributed by atoms with Crippen molar-refractivity contribution in [2.45, 2.75) is 52.0 Å². The highest BCUT2D eigenvalue weighted by Crippen LogP contribution is 2.35. The summed E-state index contributed by atoms with van der Waals surface area (Å²) < 4.78 is 1.96. The Morgan fingerprint density at radius 3 is 2.96 bits per heavy atom. The third-order valence-corrected chi connectivity index (χ3v) is 4.72. The number of amides is 1. The molecule has 0 saturated heterocycles. The summed E-state index contributed by atoms with van der Waals surface area (Å²) in [5.41, 5.74) is 2.12. The summed E-state index contributed by atoms with van der Waals surface area (Å²) in [5.74, 6) is 2.22. The first-order valence-corrected chi connectivity index (χ1v) is 8.17. The third-order valence-electron chi connectivity index (χ3n) is 4.72. The van der Waals surface area contributed by atoms with Crippen LogP contribution in [-0.4, -0.2) is 30.9 Å². The quantitative estimate of drug-likeness (QED) is 0.897. The van der Waals surface area contributed by atoms with E-state index in [1.54, 1.807) is 6.20 Å². The molecule has 23 heavy (non-hydrogen) atoms. The van der Waals surface area contributed by atoms with Gasteiger partial charge in [0.1, 0.15) is 5.82 Å². The molecule has 2 atom stereocenters. The Morgan fingerprint density at radius 1 is 1.48 bits per heavy atom. The van der Waals surface area contributed by atoms with Crippen molar-refractivity contribution in [2.24, 2.45) is 13.0 Å². The van der Waals surface area contributed by atoms with Gasteiger partial charge in [-0.15, -0.1) is 10.2 Å². The molecule has 0 aliphatic heterocycles. The predicted octanol–water partition coefficient (Wildman–Crippen LogP) is 1.64. The maximum absolute atomic E-state index is 12.7. The van der Waals surface area contributed by atoms with Gasteiger partial charge in [-0.25, -0.2) is 0 Å². The molecular weight excluding hydrogens is 292 g/mol. The second-order valence-electron chi connectivity index (χ2n) is 6.70. The minimum absolute atomic E-state index is 0.0361. The summed E-state index contributed by atoms with van der Waals surface area (Å²) in [7, 11) is 1.94. The van der Waals surface area contributed by atoms with Crippen LogP contribution in [0, 0.1) is 5.92 Å². The fourth-order valence-corrected chi connectivity index (χ4v) is 3.34. The van der Waals surface area contributed by atoms with Crippen LogP contribution in [0.4, 0.5) is 0 Å². The fourth-order valence-electron chi connectivity index (χ4n) is 3.34. The molecule has 124 valence electrons. The van der Waals surface area contributed by atoms with Gasteiger partial charge in [-0.2, -0.15) is 5.10 Å². The first-order chi connectivity index (χ1) is 11.0. The Balaban J connectivity index is 1.71. The molecule has 2 aromatic heterocycles. The summed E-state index contributed by atoms with van der Waals surface area (Å²) >= 11 is 0. The first-order valence-electron chi connectivity index (χ1n) is 8.17. The molecule has 1 aliphatic carbocycles. The fraction of sp³-hybridized carbons (Fsp3) is 0.625. The van der Waals surface area contributed by atoms with Crippen LogP contribution >= 0.6 is 0 Å². The second-order valence-corrected chi connectivity index (χ2v) is 6.70. The van der Waals surface area contributed by atoms with Gasteiger partial charge in [0, 0.05) is 24.2 Å².